The van der Waals surface area contributed by atoms with Crippen molar-refractivity contribution in [2.45, 2.75) is 26.4 Å². The van der Waals surface area contributed by atoms with Gasteiger partial charge >= 0.3 is 0 Å². The standard InChI is InChI=1S/C16H16ClFN2O/c1-11(2)20(10-12-4-3-5-13(17)8-12)16(21)14-6-7-19-9-15(14)18/h3-9,11H,10H2,1-2H3. The van der Waals surface area contributed by atoms with Crippen LogP contribution in [0.3, 0.4) is 0 Å². The number of benzene rings is 1. The van der Waals surface area contributed by atoms with Crippen molar-refractivity contribution in [3.8, 4) is 0 Å². The zero-order valence-corrected chi connectivity index (χ0v) is 12.6. The third-order valence-electron chi connectivity index (χ3n) is 3.13. The molecule has 1 aromatic heterocycles. The number of aromatic nitrogens is 1. The summed E-state index contributed by atoms with van der Waals surface area (Å²) in [5.41, 5.74) is 0.930. The molecule has 0 fully saturated rings. The Hall–Kier alpha value is -1.94. The molecular formula is C16H16ClFN2O. The van der Waals surface area contributed by atoms with Gasteiger partial charge in [0, 0.05) is 23.8 Å². The van der Waals surface area contributed by atoms with E-state index in [4.69, 9.17) is 11.6 Å². The molecule has 0 N–H and O–H groups in total. The Kier molecular flexibility index (Phi) is 4.91. The maximum atomic E-state index is 13.7. The lowest BCUT2D eigenvalue weighted by Crippen LogP contribution is -2.36. The Labute approximate surface area is 128 Å². The summed E-state index contributed by atoms with van der Waals surface area (Å²) in [5.74, 6) is -0.968. The molecule has 1 heterocycles. The van der Waals surface area contributed by atoms with Crippen molar-refractivity contribution in [3.63, 3.8) is 0 Å². The van der Waals surface area contributed by atoms with E-state index in [9.17, 15) is 9.18 Å². The summed E-state index contributed by atoms with van der Waals surface area (Å²) in [5, 5.41) is 0.610. The van der Waals surface area contributed by atoms with E-state index >= 15 is 0 Å². The van der Waals surface area contributed by atoms with Crippen LogP contribution in [0.5, 0.6) is 0 Å². The minimum absolute atomic E-state index is 0.0285. The normalized spacial score (nSPS) is 10.7. The molecule has 1 amide bonds. The number of amides is 1. The Bertz CT molecular complexity index is 646. The lowest BCUT2D eigenvalue weighted by Gasteiger charge is -2.27. The van der Waals surface area contributed by atoms with Gasteiger partial charge in [0.25, 0.3) is 5.91 Å². The van der Waals surface area contributed by atoms with Gasteiger partial charge in [-0.25, -0.2) is 4.39 Å². The molecule has 2 rings (SSSR count). The largest absolute Gasteiger partial charge is 0.332 e. The molecule has 0 radical (unpaired) electrons. The van der Waals surface area contributed by atoms with Gasteiger partial charge in [0.05, 0.1) is 11.8 Å². The number of carbonyl (C=O) groups is 1. The molecule has 3 nitrogen and oxygen atoms in total. The molecule has 0 aliphatic rings. The lowest BCUT2D eigenvalue weighted by atomic mass is 10.1. The quantitative estimate of drug-likeness (QED) is 0.857. The average Bonchev–Trinajstić information content (AvgIpc) is 2.44. The van der Waals surface area contributed by atoms with Gasteiger partial charge < -0.3 is 4.90 Å². The number of halogens is 2. The van der Waals surface area contributed by atoms with Gasteiger partial charge in [0.2, 0.25) is 0 Å². The molecule has 0 atom stereocenters. The maximum absolute atomic E-state index is 13.7. The third-order valence-corrected chi connectivity index (χ3v) is 3.36. The first kappa shape index (κ1) is 15.4. The summed E-state index contributed by atoms with van der Waals surface area (Å²) in [7, 11) is 0. The summed E-state index contributed by atoms with van der Waals surface area (Å²) in [6.45, 7) is 4.15. The first-order valence-electron chi connectivity index (χ1n) is 6.64. The van der Waals surface area contributed by atoms with Crippen molar-refractivity contribution < 1.29 is 9.18 Å². The third kappa shape index (κ3) is 3.79. The highest BCUT2D eigenvalue weighted by Gasteiger charge is 2.21. The highest BCUT2D eigenvalue weighted by molar-refractivity contribution is 6.30. The van der Waals surface area contributed by atoms with E-state index in [1.807, 2.05) is 26.0 Å². The summed E-state index contributed by atoms with van der Waals surface area (Å²) in [6.07, 6.45) is 2.46. The predicted octanol–water partition coefficient (Wildman–Crippen LogP) is 3.92. The molecule has 0 bridgehead atoms. The second-order valence-electron chi connectivity index (χ2n) is 5.01. The van der Waals surface area contributed by atoms with Gasteiger partial charge in [-0.05, 0) is 37.6 Å². The number of pyridine rings is 1. The molecule has 0 aliphatic heterocycles. The van der Waals surface area contributed by atoms with Crippen LogP contribution in [0, 0.1) is 5.82 Å². The van der Waals surface area contributed by atoms with Crippen LogP contribution in [0.2, 0.25) is 5.02 Å². The highest BCUT2D eigenvalue weighted by Crippen LogP contribution is 2.17. The fourth-order valence-corrected chi connectivity index (χ4v) is 2.24. The molecule has 110 valence electrons. The molecule has 0 spiro atoms. The highest BCUT2D eigenvalue weighted by atomic mass is 35.5. The number of hydrogen-bond acceptors (Lipinski definition) is 2. The summed E-state index contributed by atoms with van der Waals surface area (Å²) < 4.78 is 13.7. The first-order valence-corrected chi connectivity index (χ1v) is 7.01. The molecule has 0 saturated carbocycles. The van der Waals surface area contributed by atoms with Gasteiger partial charge in [-0.15, -0.1) is 0 Å². The van der Waals surface area contributed by atoms with Crippen LogP contribution in [0.1, 0.15) is 29.8 Å². The zero-order chi connectivity index (χ0) is 15.4. The maximum Gasteiger partial charge on any atom is 0.257 e. The first-order chi connectivity index (χ1) is 9.99. The summed E-state index contributed by atoms with van der Waals surface area (Å²) in [6, 6.07) is 8.61. The minimum Gasteiger partial charge on any atom is -0.332 e. The van der Waals surface area contributed by atoms with Gasteiger partial charge in [0.15, 0.2) is 5.82 Å². The van der Waals surface area contributed by atoms with E-state index in [0.29, 0.717) is 11.6 Å². The zero-order valence-electron chi connectivity index (χ0n) is 11.9. The van der Waals surface area contributed by atoms with Gasteiger partial charge in [-0.3, -0.25) is 9.78 Å². The fourth-order valence-electron chi connectivity index (χ4n) is 2.02. The number of nitrogens with zero attached hydrogens (tertiary/aromatic N) is 2. The monoisotopic (exact) mass is 306 g/mol. The van der Waals surface area contributed by atoms with Crippen molar-refractivity contribution in [1.29, 1.82) is 0 Å². The van der Waals surface area contributed by atoms with Crippen LogP contribution in [0.4, 0.5) is 4.39 Å². The van der Waals surface area contributed by atoms with Gasteiger partial charge in [-0.2, -0.15) is 0 Å². The number of carbonyl (C=O) groups excluding carboxylic acids is 1. The van der Waals surface area contributed by atoms with Crippen LogP contribution in [0.15, 0.2) is 42.7 Å². The molecule has 21 heavy (non-hydrogen) atoms. The van der Waals surface area contributed by atoms with Crippen molar-refractivity contribution in [2.75, 3.05) is 0 Å². The number of hydrogen-bond donors (Lipinski definition) is 0. The fraction of sp³-hybridized carbons (Fsp3) is 0.250. The van der Waals surface area contributed by atoms with E-state index in [1.165, 1.54) is 12.3 Å². The van der Waals surface area contributed by atoms with Gasteiger partial charge in [-0.1, -0.05) is 23.7 Å². The lowest BCUT2D eigenvalue weighted by molar-refractivity contribution is 0.0685. The second kappa shape index (κ2) is 6.68. The Morgan fingerprint density at radius 3 is 2.76 bits per heavy atom. The Morgan fingerprint density at radius 2 is 2.14 bits per heavy atom. The van der Waals surface area contributed by atoms with E-state index in [1.54, 1.807) is 17.0 Å². The van der Waals surface area contributed by atoms with Crippen molar-refractivity contribution in [2.24, 2.45) is 0 Å². The molecule has 0 unspecified atom stereocenters. The molecule has 2 aromatic rings. The van der Waals surface area contributed by atoms with Crippen LogP contribution in [0.25, 0.3) is 0 Å². The average molecular weight is 307 g/mol. The summed E-state index contributed by atoms with van der Waals surface area (Å²) in [4.78, 5) is 17.8. The SMILES string of the molecule is CC(C)N(Cc1cccc(Cl)c1)C(=O)c1ccncc1F. The Morgan fingerprint density at radius 1 is 1.38 bits per heavy atom. The predicted molar refractivity (Wildman–Crippen MR) is 80.7 cm³/mol. The number of rotatable bonds is 4. The molecular weight excluding hydrogens is 291 g/mol. The molecule has 1 aromatic carbocycles. The van der Waals surface area contributed by atoms with Crippen LogP contribution < -0.4 is 0 Å². The topological polar surface area (TPSA) is 33.2 Å². The minimum atomic E-state index is -0.612. The van der Waals surface area contributed by atoms with E-state index in [2.05, 4.69) is 4.98 Å². The van der Waals surface area contributed by atoms with Crippen molar-refractivity contribution >= 4 is 17.5 Å². The van der Waals surface area contributed by atoms with Gasteiger partial charge in [0.1, 0.15) is 0 Å². The van der Waals surface area contributed by atoms with Crippen molar-refractivity contribution in [3.05, 3.63) is 64.7 Å². The van der Waals surface area contributed by atoms with Crippen LogP contribution >= 0.6 is 11.6 Å². The van der Waals surface area contributed by atoms with Crippen molar-refractivity contribution in [1.82, 2.24) is 9.88 Å². The molecule has 0 saturated heterocycles. The van der Waals surface area contributed by atoms with E-state index < -0.39 is 5.82 Å². The van der Waals surface area contributed by atoms with E-state index in [-0.39, 0.29) is 17.5 Å². The van der Waals surface area contributed by atoms with Crippen LogP contribution in [-0.2, 0) is 6.54 Å². The Balaban J connectivity index is 2.27. The smallest absolute Gasteiger partial charge is 0.257 e. The second-order valence-corrected chi connectivity index (χ2v) is 5.45. The molecule has 0 aliphatic carbocycles. The van der Waals surface area contributed by atoms with E-state index in [0.717, 1.165) is 11.8 Å². The van der Waals surface area contributed by atoms with Crippen LogP contribution in [-0.4, -0.2) is 21.8 Å². The summed E-state index contributed by atoms with van der Waals surface area (Å²) >= 11 is 5.96. The molecule has 5 heteroatoms.